The molecular weight excluding hydrogens is 351 g/mol. The average Bonchev–Trinajstić information content (AvgIpc) is 2.69. The Hall–Kier alpha value is -2.63. The molecule has 0 spiro atoms. The number of halogens is 1. The molecule has 0 fully saturated rings. The van der Waals surface area contributed by atoms with E-state index in [1.165, 1.54) is 29.0 Å². The van der Waals surface area contributed by atoms with Crippen molar-refractivity contribution in [3.05, 3.63) is 83.2 Å². The lowest BCUT2D eigenvalue weighted by Crippen LogP contribution is -2.43. The quantitative estimate of drug-likeness (QED) is 0.689. The van der Waals surface area contributed by atoms with Crippen LogP contribution >= 0.6 is 0 Å². The van der Waals surface area contributed by atoms with Gasteiger partial charge in [-0.2, -0.15) is 4.39 Å². The number of likely N-dealkylation sites (N-methyl/N-ethyl adjacent to an activating group) is 1. The second kappa shape index (κ2) is 8.17. The second-order valence-electron chi connectivity index (χ2n) is 7.62. The topological polar surface area (TPSA) is 41.1 Å². The number of aromatic nitrogens is 2. The molecule has 0 unspecified atom stereocenters. The van der Waals surface area contributed by atoms with Crippen molar-refractivity contribution in [1.29, 1.82) is 0 Å². The molecule has 0 bridgehead atoms. The summed E-state index contributed by atoms with van der Waals surface area (Å²) in [5.41, 5.74) is 6.84. The molecule has 1 aliphatic rings. The van der Waals surface area contributed by atoms with Crippen molar-refractivity contribution in [2.75, 3.05) is 13.6 Å². The zero-order valence-corrected chi connectivity index (χ0v) is 16.3. The Morgan fingerprint density at radius 3 is 2.86 bits per heavy atom. The Kier molecular flexibility index (Phi) is 5.46. The molecule has 4 nitrogen and oxygen atoms in total. The number of fused-ring (bicyclic) bond motifs is 1. The summed E-state index contributed by atoms with van der Waals surface area (Å²) in [5, 5.41) is 3.64. The third-order valence-electron chi connectivity index (χ3n) is 5.28. The highest BCUT2D eigenvalue weighted by Crippen LogP contribution is 2.30. The van der Waals surface area contributed by atoms with E-state index in [2.05, 4.69) is 58.4 Å². The van der Waals surface area contributed by atoms with Crippen LogP contribution in [0.15, 0.2) is 54.9 Å². The van der Waals surface area contributed by atoms with Crippen LogP contribution in [0.1, 0.15) is 22.4 Å². The van der Waals surface area contributed by atoms with E-state index in [1.807, 2.05) is 18.3 Å². The normalized spacial score (nSPS) is 16.2. The molecule has 3 aromatic rings. The molecule has 1 aromatic carbocycles. The van der Waals surface area contributed by atoms with E-state index >= 15 is 0 Å². The van der Waals surface area contributed by atoms with E-state index in [-0.39, 0.29) is 0 Å². The predicted molar refractivity (Wildman–Crippen MR) is 109 cm³/mol. The zero-order chi connectivity index (χ0) is 19.5. The second-order valence-corrected chi connectivity index (χ2v) is 7.62. The summed E-state index contributed by atoms with van der Waals surface area (Å²) in [6, 6.07) is 14.2. The lowest BCUT2D eigenvalue weighted by Gasteiger charge is -2.31. The third-order valence-corrected chi connectivity index (χ3v) is 5.28. The minimum atomic E-state index is -0.439. The van der Waals surface area contributed by atoms with Crippen molar-refractivity contribution in [3.63, 3.8) is 0 Å². The number of pyridine rings is 2. The molecular formula is C23H25FN4. The van der Waals surface area contributed by atoms with Crippen LogP contribution in [0.3, 0.4) is 0 Å². The molecule has 0 radical (unpaired) electrons. The fraction of sp³-hybridized carbons (Fsp3) is 0.304. The Balaban J connectivity index is 1.49. The van der Waals surface area contributed by atoms with Crippen molar-refractivity contribution in [3.8, 4) is 11.1 Å². The van der Waals surface area contributed by atoms with Gasteiger partial charge in [0.25, 0.3) is 0 Å². The summed E-state index contributed by atoms with van der Waals surface area (Å²) >= 11 is 0. The first-order valence-corrected chi connectivity index (χ1v) is 9.64. The summed E-state index contributed by atoms with van der Waals surface area (Å²) in [5.74, 6) is -0.439. The van der Waals surface area contributed by atoms with Gasteiger partial charge in [0.15, 0.2) is 0 Å². The number of hydrogen-bond donors (Lipinski definition) is 1. The number of hydrogen-bond acceptors (Lipinski definition) is 4. The third kappa shape index (κ3) is 4.26. The van der Waals surface area contributed by atoms with Crippen LogP contribution in [0.25, 0.3) is 11.1 Å². The van der Waals surface area contributed by atoms with E-state index < -0.39 is 5.95 Å². The van der Waals surface area contributed by atoms with Crippen LogP contribution < -0.4 is 5.32 Å². The standard InChI is InChI=1S/C23H25FN4/c1-16-6-7-19(26-12-16)14-28(2)15-20-11-22-18(13-27-20)4-3-5-21(22)17-8-9-25-23(24)10-17/h3-10,12,20,27H,11,13-15H2,1-2H3/t20-/m1/s1. The molecule has 4 rings (SSSR count). The number of nitrogens with zero attached hydrogens (tertiary/aromatic N) is 3. The van der Waals surface area contributed by atoms with E-state index in [1.54, 1.807) is 0 Å². The summed E-state index contributed by atoms with van der Waals surface area (Å²) < 4.78 is 13.6. The van der Waals surface area contributed by atoms with E-state index in [0.717, 1.165) is 42.9 Å². The summed E-state index contributed by atoms with van der Waals surface area (Å²) in [6.07, 6.45) is 4.37. The summed E-state index contributed by atoms with van der Waals surface area (Å²) in [6.45, 7) is 4.63. The zero-order valence-electron chi connectivity index (χ0n) is 16.3. The van der Waals surface area contributed by atoms with Gasteiger partial charge in [-0.1, -0.05) is 24.3 Å². The molecule has 3 heterocycles. The molecule has 5 heteroatoms. The van der Waals surface area contributed by atoms with Crippen molar-refractivity contribution < 1.29 is 4.39 Å². The van der Waals surface area contributed by atoms with E-state index in [0.29, 0.717) is 6.04 Å². The summed E-state index contributed by atoms with van der Waals surface area (Å²) in [4.78, 5) is 10.5. The molecule has 28 heavy (non-hydrogen) atoms. The van der Waals surface area contributed by atoms with Gasteiger partial charge in [-0.3, -0.25) is 9.88 Å². The first kappa shape index (κ1) is 18.7. The molecule has 1 aliphatic heterocycles. The van der Waals surface area contributed by atoms with Crippen molar-refractivity contribution in [1.82, 2.24) is 20.2 Å². The van der Waals surface area contributed by atoms with Crippen LogP contribution in [0.4, 0.5) is 4.39 Å². The van der Waals surface area contributed by atoms with Gasteiger partial charge in [0.1, 0.15) is 0 Å². The Labute approximate surface area is 165 Å². The Morgan fingerprint density at radius 1 is 1.18 bits per heavy atom. The predicted octanol–water partition coefficient (Wildman–Crippen LogP) is 3.74. The largest absolute Gasteiger partial charge is 0.308 e. The van der Waals surface area contributed by atoms with Gasteiger partial charge in [0, 0.05) is 44.1 Å². The molecule has 0 saturated heterocycles. The smallest absolute Gasteiger partial charge is 0.213 e. The maximum absolute atomic E-state index is 13.6. The van der Waals surface area contributed by atoms with E-state index in [9.17, 15) is 4.39 Å². The fourth-order valence-corrected chi connectivity index (χ4v) is 3.89. The fourth-order valence-electron chi connectivity index (χ4n) is 3.89. The first-order valence-electron chi connectivity index (χ1n) is 9.64. The minimum Gasteiger partial charge on any atom is -0.308 e. The van der Waals surface area contributed by atoms with Gasteiger partial charge in [-0.25, -0.2) is 4.98 Å². The molecule has 0 amide bonds. The average molecular weight is 376 g/mol. The van der Waals surface area contributed by atoms with Gasteiger partial charge in [0.05, 0.1) is 5.69 Å². The number of benzene rings is 1. The van der Waals surface area contributed by atoms with E-state index in [4.69, 9.17) is 0 Å². The lowest BCUT2D eigenvalue weighted by molar-refractivity contribution is 0.271. The van der Waals surface area contributed by atoms with Crippen molar-refractivity contribution in [2.45, 2.75) is 32.5 Å². The number of nitrogens with one attached hydrogen (secondary N) is 1. The Morgan fingerprint density at radius 2 is 2.07 bits per heavy atom. The molecule has 1 atom stereocenters. The lowest BCUT2D eigenvalue weighted by atomic mass is 9.88. The molecule has 2 aromatic heterocycles. The monoisotopic (exact) mass is 376 g/mol. The highest BCUT2D eigenvalue weighted by Gasteiger charge is 2.22. The van der Waals surface area contributed by atoms with Gasteiger partial charge in [-0.15, -0.1) is 0 Å². The van der Waals surface area contributed by atoms with Gasteiger partial charge in [-0.05, 0) is 60.3 Å². The Bertz CT molecular complexity index is 955. The SMILES string of the molecule is Cc1ccc(CN(C)C[C@H]2Cc3c(cccc3-c3ccnc(F)c3)CN2)nc1. The number of rotatable bonds is 5. The van der Waals surface area contributed by atoms with Crippen LogP contribution in [0.2, 0.25) is 0 Å². The van der Waals surface area contributed by atoms with Crippen molar-refractivity contribution in [2.24, 2.45) is 0 Å². The van der Waals surface area contributed by atoms with Crippen LogP contribution in [-0.4, -0.2) is 34.5 Å². The molecule has 144 valence electrons. The summed E-state index contributed by atoms with van der Waals surface area (Å²) in [7, 11) is 2.13. The highest BCUT2D eigenvalue weighted by atomic mass is 19.1. The molecule has 1 N–H and O–H groups in total. The molecule has 0 aliphatic carbocycles. The van der Waals surface area contributed by atoms with Crippen molar-refractivity contribution >= 4 is 0 Å². The molecule has 0 saturated carbocycles. The van der Waals surface area contributed by atoms with Crippen LogP contribution in [0, 0.1) is 12.9 Å². The first-order chi connectivity index (χ1) is 13.6. The maximum atomic E-state index is 13.6. The van der Waals surface area contributed by atoms with Crippen LogP contribution in [0.5, 0.6) is 0 Å². The van der Waals surface area contributed by atoms with Crippen LogP contribution in [-0.2, 0) is 19.5 Å². The van der Waals surface area contributed by atoms with Gasteiger partial charge >= 0.3 is 0 Å². The van der Waals surface area contributed by atoms with Gasteiger partial charge in [0.2, 0.25) is 5.95 Å². The number of aryl methyl sites for hydroxylation is 1. The maximum Gasteiger partial charge on any atom is 0.213 e. The van der Waals surface area contributed by atoms with Gasteiger partial charge < -0.3 is 5.32 Å². The highest BCUT2D eigenvalue weighted by molar-refractivity contribution is 5.69. The minimum absolute atomic E-state index is 0.343.